The number of aromatic nitrogens is 3. The number of nitrogens with one attached hydrogen (secondary N) is 1. The lowest BCUT2D eigenvalue weighted by atomic mass is 10.1. The SMILES string of the molecule is COc1ccc2[nH]c(-c3ccc(Cl)cc3C)nc2n1. The number of methoxy groups -OCH3 is 1. The predicted molar refractivity (Wildman–Crippen MR) is 75.6 cm³/mol. The van der Waals surface area contributed by atoms with E-state index in [4.69, 9.17) is 16.3 Å². The Hall–Kier alpha value is -2.07. The van der Waals surface area contributed by atoms with Crippen LogP contribution in [-0.2, 0) is 0 Å². The lowest BCUT2D eigenvalue weighted by Crippen LogP contribution is -1.87. The fourth-order valence-corrected chi connectivity index (χ4v) is 2.24. The summed E-state index contributed by atoms with van der Waals surface area (Å²) in [5.41, 5.74) is 3.61. The van der Waals surface area contributed by atoms with Gasteiger partial charge in [0.1, 0.15) is 5.82 Å². The number of aryl methyl sites for hydroxylation is 1. The van der Waals surface area contributed by atoms with Gasteiger partial charge in [-0.05, 0) is 36.8 Å². The van der Waals surface area contributed by atoms with Crippen molar-refractivity contribution in [3.05, 3.63) is 40.9 Å². The summed E-state index contributed by atoms with van der Waals surface area (Å²) in [7, 11) is 1.59. The van der Waals surface area contributed by atoms with Gasteiger partial charge in [0.2, 0.25) is 5.88 Å². The summed E-state index contributed by atoms with van der Waals surface area (Å²) in [6.45, 7) is 2.00. The molecule has 2 heterocycles. The zero-order valence-electron chi connectivity index (χ0n) is 10.6. The number of hydrogen-bond donors (Lipinski definition) is 1. The number of rotatable bonds is 2. The van der Waals surface area contributed by atoms with E-state index >= 15 is 0 Å². The first-order valence-electron chi connectivity index (χ1n) is 5.84. The van der Waals surface area contributed by atoms with Crippen molar-refractivity contribution < 1.29 is 4.74 Å². The van der Waals surface area contributed by atoms with Crippen LogP contribution in [0.2, 0.25) is 5.02 Å². The number of imidazole rings is 1. The first kappa shape index (κ1) is 12.0. The molecule has 1 aromatic carbocycles. The van der Waals surface area contributed by atoms with E-state index < -0.39 is 0 Å². The average Bonchev–Trinajstić information content (AvgIpc) is 2.80. The molecule has 0 unspecified atom stereocenters. The normalized spacial score (nSPS) is 10.9. The number of pyridine rings is 1. The molecule has 3 rings (SSSR count). The highest BCUT2D eigenvalue weighted by Crippen LogP contribution is 2.26. The fourth-order valence-electron chi connectivity index (χ4n) is 2.01. The molecular weight excluding hydrogens is 262 g/mol. The van der Waals surface area contributed by atoms with E-state index in [1.165, 1.54) is 0 Å². The second-order valence-corrected chi connectivity index (χ2v) is 4.71. The van der Waals surface area contributed by atoms with Crippen molar-refractivity contribution >= 4 is 22.8 Å². The molecule has 0 amide bonds. The van der Waals surface area contributed by atoms with Gasteiger partial charge in [0.15, 0.2) is 5.65 Å². The van der Waals surface area contributed by atoms with Crippen LogP contribution in [0.1, 0.15) is 5.56 Å². The van der Waals surface area contributed by atoms with E-state index in [0.29, 0.717) is 11.5 Å². The van der Waals surface area contributed by atoms with E-state index in [-0.39, 0.29) is 0 Å². The van der Waals surface area contributed by atoms with Gasteiger partial charge in [-0.3, -0.25) is 0 Å². The van der Waals surface area contributed by atoms with Crippen molar-refractivity contribution in [3.8, 4) is 17.3 Å². The zero-order valence-corrected chi connectivity index (χ0v) is 11.3. The van der Waals surface area contributed by atoms with Gasteiger partial charge in [-0.25, -0.2) is 4.98 Å². The Bertz CT molecular complexity index is 752. The largest absolute Gasteiger partial charge is 0.481 e. The molecule has 0 aliphatic rings. The van der Waals surface area contributed by atoms with Gasteiger partial charge < -0.3 is 9.72 Å². The van der Waals surface area contributed by atoms with Crippen LogP contribution in [0, 0.1) is 6.92 Å². The number of hydrogen-bond acceptors (Lipinski definition) is 3. The van der Waals surface area contributed by atoms with Crippen LogP contribution in [0.5, 0.6) is 5.88 Å². The van der Waals surface area contributed by atoms with E-state index in [0.717, 1.165) is 27.5 Å². The maximum atomic E-state index is 5.96. The van der Waals surface area contributed by atoms with Gasteiger partial charge in [0.25, 0.3) is 0 Å². The topological polar surface area (TPSA) is 50.8 Å². The molecule has 3 aromatic rings. The Morgan fingerprint density at radius 3 is 2.74 bits per heavy atom. The minimum atomic E-state index is 0.554. The van der Waals surface area contributed by atoms with Crippen LogP contribution in [0.3, 0.4) is 0 Å². The number of aromatic amines is 1. The quantitative estimate of drug-likeness (QED) is 0.776. The standard InChI is InChI=1S/C14H12ClN3O/c1-8-7-9(15)3-4-10(8)13-16-11-5-6-12(19-2)17-14(11)18-13/h3-7H,1-2H3,(H,16,17,18). The van der Waals surface area contributed by atoms with Gasteiger partial charge >= 0.3 is 0 Å². The molecule has 0 atom stereocenters. The first-order chi connectivity index (χ1) is 9.17. The first-order valence-corrected chi connectivity index (χ1v) is 6.22. The second-order valence-electron chi connectivity index (χ2n) is 4.27. The van der Waals surface area contributed by atoms with Gasteiger partial charge in [-0.2, -0.15) is 4.98 Å². The summed E-state index contributed by atoms with van der Waals surface area (Å²) in [5.74, 6) is 1.34. The number of benzene rings is 1. The van der Waals surface area contributed by atoms with Gasteiger partial charge in [-0.15, -0.1) is 0 Å². The molecule has 0 radical (unpaired) electrons. The highest BCUT2D eigenvalue weighted by molar-refractivity contribution is 6.30. The van der Waals surface area contributed by atoms with Crippen LogP contribution in [0.4, 0.5) is 0 Å². The molecule has 96 valence electrons. The molecule has 0 spiro atoms. The van der Waals surface area contributed by atoms with Crippen LogP contribution < -0.4 is 4.74 Å². The molecular formula is C14H12ClN3O. The molecule has 4 nitrogen and oxygen atoms in total. The van der Waals surface area contributed by atoms with E-state index in [1.807, 2.05) is 31.2 Å². The van der Waals surface area contributed by atoms with E-state index in [9.17, 15) is 0 Å². The summed E-state index contributed by atoms with van der Waals surface area (Å²) in [4.78, 5) is 12.0. The molecule has 0 aliphatic carbocycles. The lowest BCUT2D eigenvalue weighted by molar-refractivity contribution is 0.399. The van der Waals surface area contributed by atoms with Crippen LogP contribution in [0.15, 0.2) is 30.3 Å². The van der Waals surface area contributed by atoms with E-state index in [2.05, 4.69) is 15.0 Å². The van der Waals surface area contributed by atoms with Crippen molar-refractivity contribution in [1.82, 2.24) is 15.0 Å². The van der Waals surface area contributed by atoms with Crippen LogP contribution >= 0.6 is 11.6 Å². The monoisotopic (exact) mass is 273 g/mol. The smallest absolute Gasteiger partial charge is 0.215 e. The summed E-state index contributed by atoms with van der Waals surface area (Å²) in [6, 6.07) is 9.43. The maximum absolute atomic E-state index is 5.96. The van der Waals surface area contributed by atoms with Gasteiger partial charge in [0, 0.05) is 16.7 Å². The Morgan fingerprint density at radius 1 is 1.16 bits per heavy atom. The van der Waals surface area contributed by atoms with Gasteiger partial charge in [0.05, 0.1) is 12.6 Å². The van der Waals surface area contributed by atoms with Crippen LogP contribution in [-0.4, -0.2) is 22.1 Å². The Balaban J connectivity index is 2.14. The third-order valence-corrected chi connectivity index (χ3v) is 3.21. The number of ether oxygens (including phenoxy) is 1. The molecule has 19 heavy (non-hydrogen) atoms. The Morgan fingerprint density at radius 2 is 2.00 bits per heavy atom. The number of nitrogens with zero attached hydrogens (tertiary/aromatic N) is 2. The third-order valence-electron chi connectivity index (χ3n) is 2.97. The molecule has 0 aliphatic heterocycles. The highest BCUT2D eigenvalue weighted by Gasteiger charge is 2.09. The average molecular weight is 274 g/mol. The van der Waals surface area contributed by atoms with Crippen molar-refractivity contribution in [3.63, 3.8) is 0 Å². The van der Waals surface area contributed by atoms with Crippen molar-refractivity contribution in [2.45, 2.75) is 6.92 Å². The van der Waals surface area contributed by atoms with Crippen molar-refractivity contribution in [2.75, 3.05) is 7.11 Å². The lowest BCUT2D eigenvalue weighted by Gasteiger charge is -2.02. The summed E-state index contributed by atoms with van der Waals surface area (Å²) in [5, 5.41) is 0.720. The summed E-state index contributed by atoms with van der Waals surface area (Å²) < 4.78 is 5.09. The molecule has 0 saturated carbocycles. The predicted octanol–water partition coefficient (Wildman–Crippen LogP) is 3.60. The second kappa shape index (κ2) is 4.55. The third kappa shape index (κ3) is 2.15. The Labute approximate surface area is 115 Å². The molecule has 2 aromatic heterocycles. The van der Waals surface area contributed by atoms with E-state index in [1.54, 1.807) is 13.2 Å². The molecule has 0 saturated heterocycles. The van der Waals surface area contributed by atoms with Crippen molar-refractivity contribution in [1.29, 1.82) is 0 Å². The maximum Gasteiger partial charge on any atom is 0.215 e. The molecule has 0 fully saturated rings. The summed E-state index contributed by atoms with van der Waals surface area (Å²) in [6.07, 6.45) is 0. The minimum absolute atomic E-state index is 0.554. The van der Waals surface area contributed by atoms with Crippen LogP contribution in [0.25, 0.3) is 22.6 Å². The number of halogens is 1. The van der Waals surface area contributed by atoms with Gasteiger partial charge in [-0.1, -0.05) is 11.6 Å². The fraction of sp³-hybridized carbons (Fsp3) is 0.143. The highest BCUT2D eigenvalue weighted by atomic mass is 35.5. The Kier molecular flexibility index (Phi) is 2.87. The molecule has 5 heteroatoms. The summed E-state index contributed by atoms with van der Waals surface area (Å²) >= 11 is 5.96. The van der Waals surface area contributed by atoms with Crippen molar-refractivity contribution in [2.24, 2.45) is 0 Å². The molecule has 0 bridgehead atoms. The number of H-pyrrole nitrogens is 1. The molecule has 1 N–H and O–H groups in total. The number of fused-ring (bicyclic) bond motifs is 1. The zero-order chi connectivity index (χ0) is 13.4. The minimum Gasteiger partial charge on any atom is -0.481 e.